The minimum atomic E-state index is 0.753. The Morgan fingerprint density at radius 1 is 1.05 bits per heavy atom. The molecule has 0 heterocycles. The first-order valence-electron chi connectivity index (χ1n) is 7.08. The van der Waals surface area contributed by atoms with E-state index in [0.29, 0.717) is 0 Å². The summed E-state index contributed by atoms with van der Waals surface area (Å²) < 4.78 is 5.45. The minimum absolute atomic E-state index is 0.753. The van der Waals surface area contributed by atoms with E-state index in [1.54, 1.807) is 7.11 Å². The molecule has 2 aromatic rings. The van der Waals surface area contributed by atoms with Crippen LogP contribution >= 0.6 is 0 Å². The fourth-order valence-corrected chi connectivity index (χ4v) is 2.53. The first kappa shape index (κ1) is 12.3. The Labute approximate surface area is 115 Å². The van der Waals surface area contributed by atoms with Crippen LogP contribution in [0.25, 0.3) is 11.1 Å². The molecule has 0 aliphatic heterocycles. The summed E-state index contributed by atoms with van der Waals surface area (Å²) in [7, 11) is 1.75. The highest BCUT2D eigenvalue weighted by molar-refractivity contribution is 5.67. The van der Waals surface area contributed by atoms with Crippen molar-refractivity contribution < 1.29 is 4.74 Å². The highest BCUT2D eigenvalue weighted by atomic mass is 16.5. The van der Waals surface area contributed by atoms with Gasteiger partial charge in [0, 0.05) is 0 Å². The Morgan fingerprint density at radius 2 is 1.89 bits per heavy atom. The molecule has 0 unspecified atom stereocenters. The Morgan fingerprint density at radius 3 is 2.58 bits per heavy atom. The van der Waals surface area contributed by atoms with E-state index in [9.17, 15) is 0 Å². The molecule has 0 amide bonds. The van der Waals surface area contributed by atoms with Crippen LogP contribution in [0.15, 0.2) is 42.5 Å². The van der Waals surface area contributed by atoms with Crippen molar-refractivity contribution in [2.24, 2.45) is 0 Å². The lowest BCUT2D eigenvalue weighted by Crippen LogP contribution is -1.89. The number of aryl methyl sites for hydroxylation is 1. The largest absolute Gasteiger partial charge is 0.497 e. The van der Waals surface area contributed by atoms with Gasteiger partial charge in [0.2, 0.25) is 0 Å². The fourth-order valence-electron chi connectivity index (χ4n) is 2.53. The number of benzene rings is 2. The lowest BCUT2D eigenvalue weighted by atomic mass is 9.98. The molecule has 1 heteroatoms. The van der Waals surface area contributed by atoms with Crippen LogP contribution in [0.2, 0.25) is 0 Å². The summed E-state index contributed by atoms with van der Waals surface area (Å²) in [5.74, 6) is 1.73. The predicted octanol–water partition coefficient (Wildman–Crippen LogP) is 4.80. The molecular weight excluding hydrogens is 232 g/mol. The van der Waals surface area contributed by atoms with Gasteiger partial charge in [0.05, 0.1) is 7.11 Å². The molecule has 0 atom stereocenters. The molecule has 0 radical (unpaired) electrons. The van der Waals surface area contributed by atoms with Crippen molar-refractivity contribution in [1.82, 2.24) is 0 Å². The molecule has 1 nitrogen and oxygen atoms in total. The molecule has 2 aromatic carbocycles. The second-order valence-electron chi connectivity index (χ2n) is 5.32. The van der Waals surface area contributed by atoms with Gasteiger partial charge in [-0.05, 0) is 59.6 Å². The molecule has 1 aliphatic carbocycles. The van der Waals surface area contributed by atoms with E-state index < -0.39 is 0 Å². The first-order valence-corrected chi connectivity index (χ1v) is 7.08. The molecular formula is C18H20O. The van der Waals surface area contributed by atoms with Gasteiger partial charge in [-0.15, -0.1) is 0 Å². The topological polar surface area (TPSA) is 9.23 Å². The number of methoxy groups -OCH3 is 1. The zero-order valence-corrected chi connectivity index (χ0v) is 11.6. The molecule has 1 fully saturated rings. The molecule has 0 bridgehead atoms. The summed E-state index contributed by atoms with van der Waals surface area (Å²) in [6, 6.07) is 15.5. The van der Waals surface area contributed by atoms with E-state index in [0.717, 1.165) is 18.1 Å². The zero-order chi connectivity index (χ0) is 13.2. The van der Waals surface area contributed by atoms with Crippen molar-refractivity contribution in [1.29, 1.82) is 0 Å². The maximum atomic E-state index is 5.45. The van der Waals surface area contributed by atoms with Crippen LogP contribution < -0.4 is 4.74 Å². The second kappa shape index (κ2) is 5.08. The average Bonchev–Trinajstić information content (AvgIpc) is 3.31. The van der Waals surface area contributed by atoms with Crippen LogP contribution in [-0.4, -0.2) is 7.11 Å². The molecule has 0 saturated heterocycles. The van der Waals surface area contributed by atoms with Crippen molar-refractivity contribution in [2.45, 2.75) is 32.1 Å². The molecule has 3 rings (SSSR count). The maximum absolute atomic E-state index is 5.45. The van der Waals surface area contributed by atoms with Crippen LogP contribution in [-0.2, 0) is 6.42 Å². The summed E-state index contributed by atoms with van der Waals surface area (Å²) in [6.45, 7) is 2.19. The van der Waals surface area contributed by atoms with Crippen LogP contribution in [0, 0.1) is 0 Å². The van der Waals surface area contributed by atoms with E-state index in [1.165, 1.54) is 35.1 Å². The average molecular weight is 252 g/mol. The summed E-state index contributed by atoms with van der Waals surface area (Å²) >= 11 is 0. The van der Waals surface area contributed by atoms with Crippen LogP contribution in [0.1, 0.15) is 36.8 Å². The van der Waals surface area contributed by atoms with Gasteiger partial charge in [-0.1, -0.05) is 37.3 Å². The standard InChI is InChI=1S/C18H20O/c1-3-13-5-4-6-15(9-13)17-10-16(14-7-8-14)11-18(12-17)19-2/h4-6,9-12,14H,3,7-8H2,1-2H3. The van der Waals surface area contributed by atoms with E-state index in [1.807, 2.05) is 0 Å². The summed E-state index contributed by atoms with van der Waals surface area (Å²) in [5, 5.41) is 0. The number of hydrogen-bond donors (Lipinski definition) is 0. The van der Waals surface area contributed by atoms with Crippen LogP contribution in [0.4, 0.5) is 0 Å². The third-order valence-corrected chi connectivity index (χ3v) is 3.88. The van der Waals surface area contributed by atoms with Gasteiger partial charge >= 0.3 is 0 Å². The van der Waals surface area contributed by atoms with Gasteiger partial charge in [-0.2, -0.15) is 0 Å². The van der Waals surface area contributed by atoms with Gasteiger partial charge < -0.3 is 4.74 Å². The van der Waals surface area contributed by atoms with Crippen molar-refractivity contribution in [3.63, 3.8) is 0 Å². The molecule has 98 valence electrons. The molecule has 19 heavy (non-hydrogen) atoms. The molecule has 1 aliphatic rings. The molecule has 0 spiro atoms. The molecule has 0 aromatic heterocycles. The van der Waals surface area contributed by atoms with Crippen LogP contribution in [0.5, 0.6) is 5.75 Å². The number of hydrogen-bond acceptors (Lipinski definition) is 1. The molecule has 1 saturated carbocycles. The van der Waals surface area contributed by atoms with E-state index >= 15 is 0 Å². The molecule has 0 N–H and O–H groups in total. The predicted molar refractivity (Wildman–Crippen MR) is 79.8 cm³/mol. The lowest BCUT2D eigenvalue weighted by molar-refractivity contribution is 0.414. The zero-order valence-electron chi connectivity index (χ0n) is 11.6. The third-order valence-electron chi connectivity index (χ3n) is 3.88. The van der Waals surface area contributed by atoms with Crippen molar-refractivity contribution >= 4 is 0 Å². The minimum Gasteiger partial charge on any atom is -0.497 e. The van der Waals surface area contributed by atoms with Gasteiger partial charge in [0.25, 0.3) is 0 Å². The normalized spacial score (nSPS) is 14.4. The van der Waals surface area contributed by atoms with Crippen molar-refractivity contribution in [3.05, 3.63) is 53.6 Å². The fraction of sp³-hybridized carbons (Fsp3) is 0.333. The summed E-state index contributed by atoms with van der Waals surface area (Å²) in [6.07, 6.45) is 3.72. The lowest BCUT2D eigenvalue weighted by Gasteiger charge is -2.10. The Bertz CT molecular complexity index is 582. The van der Waals surface area contributed by atoms with E-state index in [-0.39, 0.29) is 0 Å². The smallest absolute Gasteiger partial charge is 0.119 e. The Hall–Kier alpha value is -1.76. The van der Waals surface area contributed by atoms with E-state index in [4.69, 9.17) is 4.74 Å². The van der Waals surface area contributed by atoms with E-state index in [2.05, 4.69) is 49.4 Å². The third kappa shape index (κ3) is 2.65. The Kier molecular flexibility index (Phi) is 3.29. The van der Waals surface area contributed by atoms with Gasteiger partial charge in [-0.3, -0.25) is 0 Å². The van der Waals surface area contributed by atoms with Crippen molar-refractivity contribution in [3.8, 4) is 16.9 Å². The van der Waals surface area contributed by atoms with Gasteiger partial charge in [-0.25, -0.2) is 0 Å². The second-order valence-corrected chi connectivity index (χ2v) is 5.32. The first-order chi connectivity index (χ1) is 9.30. The van der Waals surface area contributed by atoms with Gasteiger partial charge in [0.1, 0.15) is 5.75 Å². The number of rotatable bonds is 4. The van der Waals surface area contributed by atoms with Crippen molar-refractivity contribution in [2.75, 3.05) is 7.11 Å². The Balaban J connectivity index is 2.04. The monoisotopic (exact) mass is 252 g/mol. The highest BCUT2D eigenvalue weighted by Gasteiger charge is 2.24. The SMILES string of the molecule is CCc1cccc(-c2cc(OC)cc(C3CC3)c2)c1. The van der Waals surface area contributed by atoms with Gasteiger partial charge in [0.15, 0.2) is 0 Å². The highest BCUT2D eigenvalue weighted by Crippen LogP contribution is 2.42. The summed E-state index contributed by atoms with van der Waals surface area (Å²) in [4.78, 5) is 0. The maximum Gasteiger partial charge on any atom is 0.119 e. The number of ether oxygens (including phenoxy) is 1. The van der Waals surface area contributed by atoms with Crippen LogP contribution in [0.3, 0.4) is 0 Å². The quantitative estimate of drug-likeness (QED) is 0.759. The summed E-state index contributed by atoms with van der Waals surface area (Å²) in [5.41, 5.74) is 5.38.